The van der Waals surface area contributed by atoms with E-state index in [1.165, 1.54) is 16.0 Å². The van der Waals surface area contributed by atoms with Crippen LogP contribution in [0.25, 0.3) is 10.6 Å². The SMILES string of the molecule is CCOC(=O)c1nnn(CC(O)CO)c1-c1cccs1. The molecule has 0 bridgehead atoms. The van der Waals surface area contributed by atoms with Gasteiger partial charge in [-0.2, -0.15) is 0 Å². The van der Waals surface area contributed by atoms with Crippen LogP contribution in [0.3, 0.4) is 0 Å². The summed E-state index contributed by atoms with van der Waals surface area (Å²) in [6.07, 6.45) is -0.967. The van der Waals surface area contributed by atoms with Crippen LogP contribution in [0.4, 0.5) is 0 Å². The molecule has 0 radical (unpaired) electrons. The van der Waals surface area contributed by atoms with E-state index in [2.05, 4.69) is 10.3 Å². The Kier molecular flexibility index (Phi) is 4.83. The van der Waals surface area contributed by atoms with Crippen molar-refractivity contribution in [2.45, 2.75) is 19.6 Å². The van der Waals surface area contributed by atoms with Crippen LogP contribution in [0.2, 0.25) is 0 Å². The topological polar surface area (TPSA) is 97.5 Å². The minimum Gasteiger partial charge on any atom is -0.461 e. The van der Waals surface area contributed by atoms with Crippen molar-refractivity contribution in [1.29, 1.82) is 0 Å². The predicted molar refractivity (Wildman–Crippen MR) is 72.4 cm³/mol. The predicted octanol–water partition coefficient (Wildman–Crippen LogP) is 0.536. The van der Waals surface area contributed by atoms with Gasteiger partial charge in [0, 0.05) is 0 Å². The third-order valence-corrected chi connectivity index (χ3v) is 3.43. The number of carbonyl (C=O) groups is 1. The first-order chi connectivity index (χ1) is 9.67. The molecule has 7 nitrogen and oxygen atoms in total. The molecule has 0 aliphatic heterocycles. The molecule has 2 aromatic heterocycles. The number of nitrogens with zero attached hydrogens (tertiary/aromatic N) is 3. The molecule has 108 valence electrons. The van der Waals surface area contributed by atoms with Crippen molar-refractivity contribution >= 4 is 17.3 Å². The molecule has 0 aliphatic rings. The fourth-order valence-electron chi connectivity index (χ4n) is 1.69. The van der Waals surface area contributed by atoms with E-state index < -0.39 is 18.7 Å². The van der Waals surface area contributed by atoms with Gasteiger partial charge in [0.2, 0.25) is 0 Å². The maximum absolute atomic E-state index is 11.9. The average Bonchev–Trinajstić information content (AvgIpc) is 3.07. The van der Waals surface area contributed by atoms with Crippen molar-refractivity contribution < 1.29 is 19.7 Å². The van der Waals surface area contributed by atoms with Gasteiger partial charge in [0.05, 0.1) is 30.7 Å². The molecule has 2 aromatic rings. The van der Waals surface area contributed by atoms with E-state index in [1.807, 2.05) is 17.5 Å². The van der Waals surface area contributed by atoms with Crippen LogP contribution in [0.5, 0.6) is 0 Å². The Labute approximate surface area is 119 Å². The number of carbonyl (C=O) groups excluding carboxylic acids is 1. The zero-order chi connectivity index (χ0) is 14.5. The maximum Gasteiger partial charge on any atom is 0.361 e. The molecule has 1 unspecified atom stereocenters. The first-order valence-corrected chi connectivity index (χ1v) is 6.98. The molecular formula is C12H15N3O4S. The smallest absolute Gasteiger partial charge is 0.361 e. The Hall–Kier alpha value is -1.77. The number of rotatable bonds is 6. The summed E-state index contributed by atoms with van der Waals surface area (Å²) in [5.41, 5.74) is 0.602. The number of esters is 1. The zero-order valence-electron chi connectivity index (χ0n) is 10.9. The largest absolute Gasteiger partial charge is 0.461 e. The summed E-state index contributed by atoms with van der Waals surface area (Å²) in [6, 6.07) is 3.67. The molecule has 2 rings (SSSR count). The van der Waals surface area contributed by atoms with Gasteiger partial charge in [-0.3, -0.25) is 0 Å². The molecule has 0 saturated carbocycles. The summed E-state index contributed by atoms with van der Waals surface area (Å²) in [7, 11) is 0. The van der Waals surface area contributed by atoms with Crippen LogP contribution >= 0.6 is 11.3 Å². The molecule has 1 atom stereocenters. The summed E-state index contributed by atoms with van der Waals surface area (Å²) >= 11 is 1.43. The van der Waals surface area contributed by atoms with Crippen molar-refractivity contribution in [3.63, 3.8) is 0 Å². The van der Waals surface area contributed by atoms with E-state index in [4.69, 9.17) is 9.84 Å². The number of aliphatic hydroxyl groups is 2. The Morgan fingerprint density at radius 1 is 1.60 bits per heavy atom. The number of thiophene rings is 1. The monoisotopic (exact) mass is 297 g/mol. The third-order valence-electron chi connectivity index (χ3n) is 2.55. The molecule has 8 heteroatoms. The van der Waals surface area contributed by atoms with E-state index in [0.717, 1.165) is 4.88 Å². The van der Waals surface area contributed by atoms with E-state index in [-0.39, 0.29) is 18.8 Å². The summed E-state index contributed by atoms with van der Waals surface area (Å²) in [5.74, 6) is -0.555. The summed E-state index contributed by atoms with van der Waals surface area (Å²) < 4.78 is 6.35. The van der Waals surface area contributed by atoms with Crippen LogP contribution in [-0.2, 0) is 11.3 Å². The molecule has 0 saturated heterocycles. The Morgan fingerprint density at radius 2 is 2.40 bits per heavy atom. The average molecular weight is 297 g/mol. The Bertz CT molecular complexity index is 567. The van der Waals surface area contributed by atoms with E-state index in [1.54, 1.807) is 6.92 Å². The van der Waals surface area contributed by atoms with Gasteiger partial charge in [0.15, 0.2) is 5.69 Å². The molecule has 0 fully saturated rings. The summed E-state index contributed by atoms with van der Waals surface area (Å²) in [4.78, 5) is 12.7. The van der Waals surface area contributed by atoms with Crippen LogP contribution < -0.4 is 0 Å². The summed E-state index contributed by atoms with van der Waals surface area (Å²) in [6.45, 7) is 1.62. The van der Waals surface area contributed by atoms with E-state index >= 15 is 0 Å². The summed E-state index contributed by atoms with van der Waals surface area (Å²) in [5, 5.41) is 28.0. The van der Waals surface area contributed by atoms with Gasteiger partial charge in [-0.05, 0) is 18.4 Å². The minimum absolute atomic E-state index is 0.0517. The van der Waals surface area contributed by atoms with E-state index in [0.29, 0.717) is 5.69 Å². The lowest BCUT2D eigenvalue weighted by molar-refractivity contribution is 0.0520. The first-order valence-electron chi connectivity index (χ1n) is 6.10. The molecular weight excluding hydrogens is 282 g/mol. The highest BCUT2D eigenvalue weighted by Crippen LogP contribution is 2.27. The molecule has 0 amide bonds. The van der Waals surface area contributed by atoms with Gasteiger partial charge in [0.25, 0.3) is 0 Å². The number of hydrogen-bond donors (Lipinski definition) is 2. The molecule has 0 spiro atoms. The highest BCUT2D eigenvalue weighted by molar-refractivity contribution is 7.13. The first kappa shape index (κ1) is 14.6. The molecule has 20 heavy (non-hydrogen) atoms. The van der Waals surface area contributed by atoms with Crippen LogP contribution in [0.15, 0.2) is 17.5 Å². The van der Waals surface area contributed by atoms with Gasteiger partial charge in [0.1, 0.15) is 5.69 Å². The van der Waals surface area contributed by atoms with Gasteiger partial charge in [-0.1, -0.05) is 11.3 Å². The van der Waals surface area contributed by atoms with Crippen molar-refractivity contribution in [1.82, 2.24) is 15.0 Å². The third kappa shape index (κ3) is 3.03. The van der Waals surface area contributed by atoms with Gasteiger partial charge >= 0.3 is 5.97 Å². The number of aromatic nitrogens is 3. The number of ether oxygens (including phenoxy) is 1. The van der Waals surface area contributed by atoms with Gasteiger partial charge < -0.3 is 14.9 Å². The highest BCUT2D eigenvalue weighted by Gasteiger charge is 2.23. The normalized spacial score (nSPS) is 12.3. The highest BCUT2D eigenvalue weighted by atomic mass is 32.1. The van der Waals surface area contributed by atoms with Crippen LogP contribution in [0, 0.1) is 0 Å². The maximum atomic E-state index is 11.9. The van der Waals surface area contributed by atoms with Crippen molar-refractivity contribution in [3.05, 3.63) is 23.2 Å². The lowest BCUT2D eigenvalue weighted by atomic mass is 10.2. The number of hydrogen-bond acceptors (Lipinski definition) is 7. The fourth-order valence-corrected chi connectivity index (χ4v) is 2.47. The van der Waals surface area contributed by atoms with Crippen molar-refractivity contribution in [2.24, 2.45) is 0 Å². The lowest BCUT2D eigenvalue weighted by Crippen LogP contribution is -2.21. The fraction of sp³-hybridized carbons (Fsp3) is 0.417. The van der Waals surface area contributed by atoms with Crippen LogP contribution in [0.1, 0.15) is 17.4 Å². The van der Waals surface area contributed by atoms with Crippen molar-refractivity contribution in [3.8, 4) is 10.6 Å². The van der Waals surface area contributed by atoms with Crippen LogP contribution in [-0.4, -0.2) is 50.5 Å². The standard InChI is InChI=1S/C12H15N3O4S/c1-2-19-12(18)10-11(9-4-3-5-20-9)15(14-13-10)6-8(17)7-16/h3-5,8,16-17H,2,6-7H2,1H3. The van der Waals surface area contributed by atoms with Crippen molar-refractivity contribution in [2.75, 3.05) is 13.2 Å². The Morgan fingerprint density at radius 3 is 3.00 bits per heavy atom. The minimum atomic E-state index is -0.967. The second-order valence-corrected chi connectivity index (χ2v) is 4.95. The lowest BCUT2D eigenvalue weighted by Gasteiger charge is -2.09. The quantitative estimate of drug-likeness (QED) is 0.755. The zero-order valence-corrected chi connectivity index (χ0v) is 11.7. The van der Waals surface area contributed by atoms with Gasteiger partial charge in [-0.15, -0.1) is 16.4 Å². The second-order valence-electron chi connectivity index (χ2n) is 4.00. The molecule has 0 aliphatic carbocycles. The number of aliphatic hydroxyl groups excluding tert-OH is 2. The second kappa shape index (κ2) is 6.60. The van der Waals surface area contributed by atoms with Gasteiger partial charge in [-0.25, -0.2) is 9.48 Å². The van der Waals surface area contributed by atoms with E-state index in [9.17, 15) is 9.90 Å². The molecule has 0 aromatic carbocycles. The molecule has 2 N–H and O–H groups in total. The molecule has 2 heterocycles. The Balaban J connectivity index is 2.41.